The van der Waals surface area contributed by atoms with Crippen molar-refractivity contribution in [2.45, 2.75) is 13.8 Å². The zero-order valence-electron chi connectivity index (χ0n) is 11.4. The van der Waals surface area contributed by atoms with Crippen LogP contribution in [0, 0.1) is 31.0 Å². The Morgan fingerprint density at radius 2 is 2.10 bits per heavy atom. The van der Waals surface area contributed by atoms with Crippen LogP contribution in [0.15, 0.2) is 38.6 Å². The summed E-state index contributed by atoms with van der Waals surface area (Å²) in [5.41, 5.74) is 0.952. The Kier molecular flexibility index (Phi) is 4.34. The molecule has 0 aliphatic heterocycles. The zero-order valence-corrected chi connectivity index (χ0v) is 13.0. The molecule has 4 nitrogen and oxygen atoms in total. The largest absolute Gasteiger partial charge is 0.289 e. The molecule has 2 rings (SSSR count). The van der Waals surface area contributed by atoms with Gasteiger partial charge < -0.3 is 0 Å². The van der Waals surface area contributed by atoms with Gasteiger partial charge in [0.1, 0.15) is 17.4 Å². The summed E-state index contributed by atoms with van der Waals surface area (Å²) >= 11 is 3.17. The summed E-state index contributed by atoms with van der Waals surface area (Å²) in [7, 11) is 0. The summed E-state index contributed by atoms with van der Waals surface area (Å²) in [6.45, 7) is 3.39. The Labute approximate surface area is 129 Å². The molecule has 0 saturated carbocycles. The van der Waals surface area contributed by atoms with Crippen LogP contribution in [0.5, 0.6) is 0 Å². The van der Waals surface area contributed by atoms with Crippen molar-refractivity contribution in [2.75, 3.05) is 0 Å². The third kappa shape index (κ3) is 3.09. The molecular formula is C15H11BrFN3O. The first-order valence-electron chi connectivity index (χ1n) is 6.07. The lowest BCUT2D eigenvalue weighted by atomic mass is 10.1. The van der Waals surface area contributed by atoms with Crippen LogP contribution in [0.25, 0.3) is 0 Å². The van der Waals surface area contributed by atoms with Gasteiger partial charge in [0.15, 0.2) is 0 Å². The molecule has 1 aromatic carbocycles. The van der Waals surface area contributed by atoms with Crippen molar-refractivity contribution in [1.29, 1.82) is 5.26 Å². The van der Waals surface area contributed by atoms with Gasteiger partial charge in [0.2, 0.25) is 0 Å². The quantitative estimate of drug-likeness (QED) is 0.783. The molecule has 106 valence electrons. The third-order valence-corrected chi connectivity index (χ3v) is 3.44. The van der Waals surface area contributed by atoms with Crippen LogP contribution < -0.4 is 5.56 Å². The second kappa shape index (κ2) is 6.02. The molecule has 6 heteroatoms. The number of rotatable bonds is 2. The van der Waals surface area contributed by atoms with Crippen LogP contribution in [0.2, 0.25) is 0 Å². The molecule has 21 heavy (non-hydrogen) atoms. The van der Waals surface area contributed by atoms with Gasteiger partial charge in [-0.25, -0.2) is 9.07 Å². The molecule has 0 amide bonds. The Balaban J connectivity index is 2.52. The molecule has 0 N–H and O–H groups in total. The maximum Gasteiger partial charge on any atom is 0.289 e. The van der Waals surface area contributed by atoms with Gasteiger partial charge in [0, 0.05) is 15.7 Å². The number of nitrogens with zero attached hydrogens (tertiary/aromatic N) is 3. The van der Waals surface area contributed by atoms with Crippen molar-refractivity contribution in [1.82, 2.24) is 4.68 Å². The Hall–Kier alpha value is -2.26. The molecule has 0 bridgehead atoms. The summed E-state index contributed by atoms with van der Waals surface area (Å²) in [4.78, 5) is 12.1. The molecule has 0 saturated heterocycles. The average Bonchev–Trinajstić information content (AvgIpc) is 2.40. The molecule has 0 aliphatic carbocycles. The number of benzene rings is 1. The molecule has 0 fully saturated rings. The minimum atomic E-state index is -0.510. The van der Waals surface area contributed by atoms with Crippen molar-refractivity contribution in [3.63, 3.8) is 0 Å². The SMILES string of the molecule is Cc1cc(C)n(/N=C\c2ccc(Br)cc2F)c(=O)c1C#N. The van der Waals surface area contributed by atoms with Crippen molar-refractivity contribution < 1.29 is 4.39 Å². The van der Waals surface area contributed by atoms with E-state index in [1.54, 1.807) is 32.0 Å². The van der Waals surface area contributed by atoms with Crippen LogP contribution in [-0.4, -0.2) is 10.9 Å². The number of nitriles is 1. The van der Waals surface area contributed by atoms with E-state index in [-0.39, 0.29) is 11.1 Å². The van der Waals surface area contributed by atoms with Crippen LogP contribution in [0.4, 0.5) is 4.39 Å². The van der Waals surface area contributed by atoms with E-state index in [9.17, 15) is 9.18 Å². The second-order valence-electron chi connectivity index (χ2n) is 4.48. The van der Waals surface area contributed by atoms with Crippen molar-refractivity contribution in [2.24, 2.45) is 5.10 Å². The molecule has 1 heterocycles. The van der Waals surface area contributed by atoms with Crippen molar-refractivity contribution in [3.8, 4) is 6.07 Å². The summed E-state index contributed by atoms with van der Waals surface area (Å²) in [5.74, 6) is -0.452. The van der Waals surface area contributed by atoms with E-state index in [0.29, 0.717) is 15.7 Å². The molecular weight excluding hydrogens is 337 g/mol. The van der Waals surface area contributed by atoms with E-state index in [1.807, 2.05) is 6.07 Å². The molecule has 0 aliphatic rings. The number of aromatic nitrogens is 1. The summed E-state index contributed by atoms with van der Waals surface area (Å²) in [6, 6.07) is 8.08. The number of aryl methyl sites for hydroxylation is 2. The standard InChI is InChI=1S/C15H11BrFN3O/c1-9-5-10(2)20(15(21)13(9)7-18)19-8-11-3-4-12(16)6-14(11)17/h3-6,8H,1-2H3/b19-8-. The fraction of sp³-hybridized carbons (Fsp3) is 0.133. The minimum absolute atomic E-state index is 0.0361. The molecule has 0 spiro atoms. The van der Waals surface area contributed by atoms with Crippen LogP contribution in [0.1, 0.15) is 22.4 Å². The highest BCUT2D eigenvalue weighted by atomic mass is 79.9. The first-order chi connectivity index (χ1) is 9.93. The predicted octanol–water partition coefficient (Wildman–Crippen LogP) is 3.12. The Morgan fingerprint density at radius 3 is 2.71 bits per heavy atom. The number of halogens is 2. The van der Waals surface area contributed by atoms with E-state index < -0.39 is 11.4 Å². The molecule has 1 aromatic heterocycles. The van der Waals surface area contributed by atoms with Gasteiger partial charge in [-0.1, -0.05) is 15.9 Å². The maximum atomic E-state index is 13.7. The van der Waals surface area contributed by atoms with Crippen molar-refractivity contribution >= 4 is 22.1 Å². The fourth-order valence-electron chi connectivity index (χ4n) is 1.89. The number of pyridine rings is 1. The molecule has 0 atom stereocenters. The first-order valence-corrected chi connectivity index (χ1v) is 6.86. The fourth-order valence-corrected chi connectivity index (χ4v) is 2.22. The van der Waals surface area contributed by atoms with Gasteiger partial charge in [-0.2, -0.15) is 10.4 Å². The smallest absolute Gasteiger partial charge is 0.266 e. The lowest BCUT2D eigenvalue weighted by Crippen LogP contribution is -2.22. The van der Waals surface area contributed by atoms with Crippen LogP contribution in [0.3, 0.4) is 0 Å². The highest BCUT2D eigenvalue weighted by Crippen LogP contribution is 2.14. The van der Waals surface area contributed by atoms with Crippen LogP contribution >= 0.6 is 15.9 Å². The third-order valence-electron chi connectivity index (χ3n) is 2.95. The minimum Gasteiger partial charge on any atom is -0.266 e. The Bertz CT molecular complexity index is 834. The van der Waals surface area contributed by atoms with Crippen molar-refractivity contribution in [3.05, 3.63) is 67.3 Å². The number of hydrogen-bond acceptors (Lipinski definition) is 3. The lowest BCUT2D eigenvalue weighted by molar-refractivity contribution is 0.624. The van der Waals surface area contributed by atoms with E-state index in [2.05, 4.69) is 21.0 Å². The second-order valence-corrected chi connectivity index (χ2v) is 5.40. The summed E-state index contributed by atoms with van der Waals surface area (Å²) in [6.07, 6.45) is 1.26. The monoisotopic (exact) mass is 347 g/mol. The highest BCUT2D eigenvalue weighted by molar-refractivity contribution is 9.10. The molecule has 0 radical (unpaired) electrons. The molecule has 2 aromatic rings. The highest BCUT2D eigenvalue weighted by Gasteiger charge is 2.09. The summed E-state index contributed by atoms with van der Waals surface area (Å²) in [5, 5.41) is 13.0. The predicted molar refractivity (Wildman–Crippen MR) is 82.0 cm³/mol. The van der Waals surface area contributed by atoms with E-state index >= 15 is 0 Å². The van der Waals surface area contributed by atoms with E-state index in [1.165, 1.54) is 12.3 Å². The van der Waals surface area contributed by atoms with E-state index in [4.69, 9.17) is 5.26 Å². The number of hydrogen-bond donors (Lipinski definition) is 0. The van der Waals surface area contributed by atoms with Gasteiger partial charge in [0.05, 0.1) is 6.21 Å². The van der Waals surface area contributed by atoms with Crippen LogP contribution in [-0.2, 0) is 0 Å². The van der Waals surface area contributed by atoms with Gasteiger partial charge in [0.25, 0.3) is 5.56 Å². The maximum absolute atomic E-state index is 13.7. The molecule has 0 unspecified atom stereocenters. The normalized spacial score (nSPS) is 10.8. The van der Waals surface area contributed by atoms with Gasteiger partial charge in [-0.05, 0) is 43.7 Å². The first kappa shape index (κ1) is 15.1. The van der Waals surface area contributed by atoms with Gasteiger partial charge in [-0.3, -0.25) is 4.79 Å². The van der Waals surface area contributed by atoms with Gasteiger partial charge in [-0.15, -0.1) is 0 Å². The summed E-state index contributed by atoms with van der Waals surface area (Å²) < 4.78 is 15.4. The average molecular weight is 348 g/mol. The van der Waals surface area contributed by atoms with Gasteiger partial charge >= 0.3 is 0 Å². The Morgan fingerprint density at radius 1 is 1.38 bits per heavy atom. The topological polar surface area (TPSA) is 58.1 Å². The van der Waals surface area contributed by atoms with E-state index in [0.717, 1.165) is 4.68 Å². The lowest BCUT2D eigenvalue weighted by Gasteiger charge is -2.06. The zero-order chi connectivity index (χ0) is 15.6.